The molecule has 0 atom stereocenters. The van der Waals surface area contributed by atoms with Gasteiger partial charge in [0.15, 0.2) is 0 Å². The van der Waals surface area contributed by atoms with Crippen molar-refractivity contribution in [3.8, 4) is 0 Å². The first-order chi connectivity index (χ1) is 5.66. The summed E-state index contributed by atoms with van der Waals surface area (Å²) >= 11 is 0. The Hall–Kier alpha value is -1.38. The second-order valence-electron chi connectivity index (χ2n) is 2.67. The normalized spacial score (nSPS) is 13.4. The molecule has 0 radical (unpaired) electrons. The highest BCUT2D eigenvalue weighted by molar-refractivity contribution is 5.95. The molecule has 0 unspecified atom stereocenters. The maximum Gasteiger partial charge on any atom is 0.125 e. The molecule has 0 bridgehead atoms. The predicted octanol–water partition coefficient (Wildman–Crippen LogP) is 1.72. The lowest BCUT2D eigenvalue weighted by molar-refractivity contribution is 0.832. The Kier molecular flexibility index (Phi) is 5.61. The Morgan fingerprint density at radius 2 is 2.08 bits per heavy atom. The quantitative estimate of drug-likeness (QED) is 0.372. The highest BCUT2D eigenvalue weighted by Crippen LogP contribution is 1.92. The van der Waals surface area contributed by atoms with Crippen LogP contribution in [0.5, 0.6) is 0 Å². The van der Waals surface area contributed by atoms with Crippen molar-refractivity contribution in [2.45, 2.75) is 13.8 Å². The van der Waals surface area contributed by atoms with E-state index in [-0.39, 0.29) is 0 Å². The van der Waals surface area contributed by atoms with E-state index in [1.165, 1.54) is 0 Å². The molecule has 0 saturated heterocycles. The van der Waals surface area contributed by atoms with Crippen LogP contribution in [0, 0.1) is 11.3 Å². The summed E-state index contributed by atoms with van der Waals surface area (Å²) < 4.78 is 0. The fourth-order valence-corrected chi connectivity index (χ4v) is 0.558. The van der Waals surface area contributed by atoms with Crippen LogP contribution in [0.2, 0.25) is 0 Å². The van der Waals surface area contributed by atoms with Gasteiger partial charge < -0.3 is 5.73 Å². The first-order valence-corrected chi connectivity index (χ1v) is 3.84. The monoisotopic (exact) mass is 165 g/mol. The number of aliphatic imine (C=N–C) groups is 1. The molecular formula is C9H15N3. The van der Waals surface area contributed by atoms with Crippen molar-refractivity contribution in [2.24, 2.45) is 16.6 Å². The maximum absolute atomic E-state index is 6.64. The van der Waals surface area contributed by atoms with Gasteiger partial charge in [0, 0.05) is 0 Å². The molecule has 0 aromatic carbocycles. The number of nitrogens with zero attached hydrogens (tertiary/aromatic N) is 1. The molecule has 0 aliphatic carbocycles. The molecule has 66 valence electrons. The van der Waals surface area contributed by atoms with Gasteiger partial charge in [-0.25, -0.2) is 4.99 Å². The molecule has 0 aliphatic rings. The zero-order valence-corrected chi connectivity index (χ0v) is 7.49. The zero-order chi connectivity index (χ0) is 9.40. The molecule has 0 spiro atoms. The minimum atomic E-state index is 0.346. The van der Waals surface area contributed by atoms with E-state index >= 15 is 0 Å². The van der Waals surface area contributed by atoms with Crippen molar-refractivity contribution >= 4 is 12.2 Å². The van der Waals surface area contributed by atoms with Crippen LogP contribution in [0.25, 0.3) is 0 Å². The predicted molar refractivity (Wildman–Crippen MR) is 53.5 cm³/mol. The van der Waals surface area contributed by atoms with Gasteiger partial charge in [0.2, 0.25) is 0 Å². The number of nitrogens with one attached hydrogen (secondary N) is 1. The van der Waals surface area contributed by atoms with Crippen LogP contribution in [0.3, 0.4) is 0 Å². The highest BCUT2D eigenvalue weighted by atomic mass is 14.9. The molecular weight excluding hydrogens is 150 g/mol. The van der Waals surface area contributed by atoms with Crippen LogP contribution in [0.4, 0.5) is 0 Å². The molecule has 0 aromatic rings. The van der Waals surface area contributed by atoms with Gasteiger partial charge in [-0.05, 0) is 12.0 Å². The minimum Gasteiger partial charge on any atom is -0.384 e. The third-order valence-electron chi connectivity index (χ3n) is 1.09. The highest BCUT2D eigenvalue weighted by Gasteiger charge is 1.80. The Bertz CT molecular complexity index is 212. The Labute approximate surface area is 73.2 Å². The molecule has 0 fully saturated rings. The van der Waals surface area contributed by atoms with Gasteiger partial charge in [-0.1, -0.05) is 32.1 Å². The number of hydrogen-bond acceptors (Lipinski definition) is 1. The lowest BCUT2D eigenvalue weighted by Crippen LogP contribution is -2.06. The zero-order valence-electron chi connectivity index (χ0n) is 7.49. The second-order valence-corrected chi connectivity index (χ2v) is 2.67. The maximum atomic E-state index is 6.64. The summed E-state index contributed by atoms with van der Waals surface area (Å²) in [5, 5.41) is 6.64. The minimum absolute atomic E-state index is 0.346. The summed E-state index contributed by atoms with van der Waals surface area (Å²) in [4.78, 5) is 3.56. The average Bonchev–Trinajstić information content (AvgIpc) is 1.98. The van der Waals surface area contributed by atoms with E-state index in [9.17, 15) is 0 Å². The van der Waals surface area contributed by atoms with Crippen LogP contribution >= 0.6 is 0 Å². The first-order valence-electron chi connectivity index (χ1n) is 3.84. The van der Waals surface area contributed by atoms with Crippen molar-refractivity contribution in [3.63, 3.8) is 0 Å². The van der Waals surface area contributed by atoms with Crippen molar-refractivity contribution in [1.82, 2.24) is 0 Å². The van der Waals surface area contributed by atoms with Gasteiger partial charge in [-0.15, -0.1) is 0 Å². The largest absolute Gasteiger partial charge is 0.384 e. The van der Waals surface area contributed by atoms with Crippen molar-refractivity contribution < 1.29 is 0 Å². The molecule has 3 nitrogen and oxygen atoms in total. The summed E-state index contributed by atoms with van der Waals surface area (Å²) in [5.41, 5.74) is 5.38. The van der Waals surface area contributed by atoms with E-state index in [1.54, 1.807) is 6.08 Å². The topological polar surface area (TPSA) is 62.2 Å². The van der Waals surface area contributed by atoms with Gasteiger partial charge in [-0.3, -0.25) is 5.41 Å². The van der Waals surface area contributed by atoms with E-state index < -0.39 is 0 Å². The summed E-state index contributed by atoms with van der Waals surface area (Å²) in [6, 6.07) is 0. The molecule has 3 heteroatoms. The SMILES string of the molecule is CC(C)/C=C/C=C/C(N)=N\C=N. The van der Waals surface area contributed by atoms with Crippen LogP contribution < -0.4 is 5.73 Å². The molecule has 0 aromatic heterocycles. The Balaban J connectivity index is 3.91. The molecule has 3 N–H and O–H groups in total. The number of nitrogens with two attached hydrogens (primary N) is 1. The van der Waals surface area contributed by atoms with E-state index in [2.05, 4.69) is 18.8 Å². The molecule has 0 rings (SSSR count). The van der Waals surface area contributed by atoms with Gasteiger partial charge in [0.1, 0.15) is 12.2 Å². The molecule has 0 saturated carbocycles. The van der Waals surface area contributed by atoms with E-state index in [0.29, 0.717) is 11.8 Å². The summed E-state index contributed by atoms with van der Waals surface area (Å²) in [6.07, 6.45) is 8.35. The molecule has 0 heterocycles. The van der Waals surface area contributed by atoms with Crippen LogP contribution in [-0.2, 0) is 0 Å². The number of amidine groups is 1. The van der Waals surface area contributed by atoms with Crippen molar-refractivity contribution in [3.05, 3.63) is 24.3 Å². The lowest BCUT2D eigenvalue weighted by atomic mass is 10.2. The van der Waals surface area contributed by atoms with E-state index in [1.807, 2.05) is 18.2 Å². The van der Waals surface area contributed by atoms with Gasteiger partial charge >= 0.3 is 0 Å². The lowest BCUT2D eigenvalue weighted by Gasteiger charge is -1.89. The first kappa shape index (κ1) is 10.6. The average molecular weight is 165 g/mol. The van der Waals surface area contributed by atoms with Crippen LogP contribution in [0.15, 0.2) is 29.3 Å². The van der Waals surface area contributed by atoms with E-state index in [0.717, 1.165) is 6.34 Å². The van der Waals surface area contributed by atoms with E-state index in [4.69, 9.17) is 11.1 Å². The molecule has 12 heavy (non-hydrogen) atoms. The second kappa shape index (κ2) is 6.34. The van der Waals surface area contributed by atoms with Crippen LogP contribution in [0.1, 0.15) is 13.8 Å². The third-order valence-corrected chi connectivity index (χ3v) is 1.09. The number of hydrogen-bond donors (Lipinski definition) is 2. The fourth-order valence-electron chi connectivity index (χ4n) is 0.558. The standard InChI is InChI=1S/C9H15N3/c1-8(2)5-3-4-6-9(11)12-7-10/h3-8H,1-2H3,(H3,10,11,12)/b5-3+,6-4+. The van der Waals surface area contributed by atoms with Crippen molar-refractivity contribution in [2.75, 3.05) is 0 Å². The van der Waals surface area contributed by atoms with Gasteiger partial charge in [0.25, 0.3) is 0 Å². The third kappa shape index (κ3) is 6.74. The molecule has 0 aliphatic heterocycles. The summed E-state index contributed by atoms with van der Waals surface area (Å²) in [7, 11) is 0. The van der Waals surface area contributed by atoms with Gasteiger partial charge in [0.05, 0.1) is 0 Å². The Morgan fingerprint density at radius 3 is 2.58 bits per heavy atom. The number of allylic oxidation sites excluding steroid dienone is 3. The summed E-state index contributed by atoms with van der Waals surface area (Å²) in [5.74, 6) is 0.883. The van der Waals surface area contributed by atoms with Crippen LogP contribution in [-0.4, -0.2) is 12.2 Å². The summed E-state index contributed by atoms with van der Waals surface area (Å²) in [6.45, 7) is 4.19. The van der Waals surface area contributed by atoms with Crippen molar-refractivity contribution in [1.29, 1.82) is 5.41 Å². The molecule has 0 amide bonds. The fraction of sp³-hybridized carbons (Fsp3) is 0.333. The number of rotatable bonds is 4. The van der Waals surface area contributed by atoms with Gasteiger partial charge in [-0.2, -0.15) is 0 Å². The Morgan fingerprint density at radius 1 is 1.42 bits per heavy atom. The smallest absolute Gasteiger partial charge is 0.125 e.